The van der Waals surface area contributed by atoms with Crippen LogP contribution >= 0.6 is 0 Å². The number of carbonyl (C=O) groups excluding carboxylic acids is 3. The van der Waals surface area contributed by atoms with E-state index < -0.39 is 122 Å². The molecule has 25 atom stereocenters. The van der Waals surface area contributed by atoms with Crippen molar-refractivity contribution in [3.8, 4) is 0 Å². The molecule has 5 saturated heterocycles. The highest BCUT2D eigenvalue weighted by Gasteiger charge is 2.59. The average molecular weight is 1450 g/mol. The summed E-state index contributed by atoms with van der Waals surface area (Å²) in [7, 11) is 0. The molecular formula is C87H104O19. The first-order valence-corrected chi connectivity index (χ1v) is 37.6. The molecule has 566 valence electrons. The minimum atomic E-state index is -1.57. The van der Waals surface area contributed by atoms with Crippen LogP contribution in [0.25, 0.3) is 0 Å². The van der Waals surface area contributed by atoms with Crippen LogP contribution in [-0.2, 0) is 102 Å². The maximum atomic E-state index is 15.2. The molecule has 10 unspecified atom stereocenters. The molecule has 0 spiro atoms. The minimum Gasteiger partial charge on any atom is -0.453 e. The molecule has 19 heteroatoms. The van der Waals surface area contributed by atoms with Gasteiger partial charge in [0.05, 0.1) is 99.6 Å². The summed E-state index contributed by atoms with van der Waals surface area (Å²) >= 11 is 0. The zero-order valence-corrected chi connectivity index (χ0v) is 62.3. The van der Waals surface area contributed by atoms with Gasteiger partial charge in [-0.2, -0.15) is 0 Å². The van der Waals surface area contributed by atoms with Crippen LogP contribution in [0.2, 0.25) is 0 Å². The lowest BCUT2D eigenvalue weighted by atomic mass is 9.81. The molecule has 0 amide bonds. The Hall–Kier alpha value is -7.57. The van der Waals surface area contributed by atoms with E-state index in [9.17, 15) is 9.59 Å². The first kappa shape index (κ1) is 78.0. The summed E-state index contributed by atoms with van der Waals surface area (Å²) in [5.74, 6) is -3.57. The van der Waals surface area contributed by atoms with Crippen LogP contribution in [0, 0.1) is 41.4 Å². The lowest BCUT2D eigenvalue weighted by molar-refractivity contribution is -0.398. The van der Waals surface area contributed by atoms with Crippen molar-refractivity contribution in [1.29, 1.82) is 0 Å². The third kappa shape index (κ3) is 19.6. The molecule has 106 heavy (non-hydrogen) atoms. The van der Waals surface area contributed by atoms with Crippen LogP contribution in [0.3, 0.4) is 0 Å². The first-order chi connectivity index (χ1) is 51.5. The van der Waals surface area contributed by atoms with Crippen LogP contribution < -0.4 is 0 Å². The number of esters is 3. The molecule has 5 fully saturated rings. The number of hydrogen-bond acceptors (Lipinski definition) is 19. The molecule has 12 rings (SSSR count). The predicted molar refractivity (Wildman–Crippen MR) is 394 cm³/mol. The van der Waals surface area contributed by atoms with Gasteiger partial charge >= 0.3 is 17.9 Å². The lowest BCUT2D eigenvalue weighted by Crippen LogP contribution is -2.68. The van der Waals surface area contributed by atoms with Gasteiger partial charge in [0.15, 0.2) is 43.5 Å². The molecule has 0 saturated carbocycles. The largest absolute Gasteiger partial charge is 0.453 e. The van der Waals surface area contributed by atoms with E-state index in [1.165, 1.54) is 0 Å². The number of benzene rings is 7. The van der Waals surface area contributed by atoms with Crippen LogP contribution in [-0.4, -0.2) is 148 Å². The number of hydrogen-bond donors (Lipinski definition) is 0. The monoisotopic (exact) mass is 1450 g/mol. The van der Waals surface area contributed by atoms with Crippen molar-refractivity contribution >= 4 is 17.9 Å². The van der Waals surface area contributed by atoms with Gasteiger partial charge in [0.25, 0.3) is 0 Å². The molecule has 7 aromatic carbocycles. The van der Waals surface area contributed by atoms with E-state index >= 15 is 4.79 Å². The fraction of sp³-hybridized carbons (Fsp3) is 0.483. The molecule has 7 aromatic rings. The highest BCUT2D eigenvalue weighted by molar-refractivity contribution is 5.90. The van der Waals surface area contributed by atoms with Gasteiger partial charge in [0.2, 0.25) is 0 Å². The van der Waals surface area contributed by atoms with Gasteiger partial charge in [0.1, 0.15) is 30.5 Å². The zero-order valence-electron chi connectivity index (χ0n) is 62.3. The molecule has 0 bridgehead atoms. The first-order valence-electron chi connectivity index (χ1n) is 37.6. The maximum absolute atomic E-state index is 15.2. The van der Waals surface area contributed by atoms with E-state index in [-0.39, 0.29) is 86.3 Å². The Morgan fingerprint density at radius 1 is 0.264 bits per heavy atom. The van der Waals surface area contributed by atoms with Crippen molar-refractivity contribution in [2.75, 3.05) is 19.8 Å². The molecular weight excluding hydrogens is 1350 g/mol. The number of carbonyl (C=O) groups is 3. The summed E-state index contributed by atoms with van der Waals surface area (Å²) in [6, 6.07) is 65.6. The topological polar surface area (TPSA) is 199 Å². The van der Waals surface area contributed by atoms with Gasteiger partial charge in [-0.3, -0.25) is 0 Å². The Bertz CT molecular complexity index is 3790. The smallest absolute Gasteiger partial charge is 0.338 e. The normalized spacial score (nSPS) is 33.2. The second kappa shape index (κ2) is 37.5. The predicted octanol–water partition coefficient (Wildman–Crippen LogP) is 14.6. The van der Waals surface area contributed by atoms with Crippen molar-refractivity contribution in [3.05, 3.63) is 251 Å². The van der Waals surface area contributed by atoms with Crippen molar-refractivity contribution in [1.82, 2.24) is 0 Å². The average Bonchev–Trinajstić information content (AvgIpc) is 0.757. The van der Waals surface area contributed by atoms with E-state index in [0.29, 0.717) is 24.3 Å². The fourth-order valence-corrected chi connectivity index (χ4v) is 14.9. The summed E-state index contributed by atoms with van der Waals surface area (Å²) in [6.45, 7) is 21.4. The highest BCUT2D eigenvalue weighted by atomic mass is 16.8. The van der Waals surface area contributed by atoms with Crippen molar-refractivity contribution in [3.63, 3.8) is 0 Å². The molecule has 0 aromatic heterocycles. The molecule has 5 aliphatic rings. The lowest BCUT2D eigenvalue weighted by Gasteiger charge is -2.53. The maximum Gasteiger partial charge on any atom is 0.338 e. The van der Waals surface area contributed by atoms with Gasteiger partial charge in [-0.1, -0.05) is 224 Å². The van der Waals surface area contributed by atoms with E-state index in [2.05, 4.69) is 27.7 Å². The van der Waals surface area contributed by atoms with E-state index in [1.54, 1.807) is 72.8 Å². The molecule has 5 heterocycles. The quantitative estimate of drug-likeness (QED) is 0.0316. The van der Waals surface area contributed by atoms with Crippen LogP contribution in [0.15, 0.2) is 212 Å². The summed E-state index contributed by atoms with van der Waals surface area (Å²) in [6.07, 6.45) is -18.0. The second-order valence-electron chi connectivity index (χ2n) is 29.3. The van der Waals surface area contributed by atoms with Crippen molar-refractivity contribution < 1.29 is 90.2 Å². The minimum absolute atomic E-state index is 0.00303. The number of ether oxygens (including phenoxy) is 16. The standard InChI is InChI=1S/C87H104O19/c1-53-56(4)75(100-81(88)67-40-26-15-27-41-67)84(96-60(53)8)104-74-59(7)71(51-92-47-64-34-20-12-21-35-64)98-87(80(74)102-83(90)69-44-30-17-31-45-69)105-77-72(52-93-48-65-36-22-13-23-37-65)99-86(103-73-58(6)55(3)70(95-62(73)10)50-91-46-63-32-18-11-19-33-63)79(94-49-66-38-24-14-25-39-66)78(77)106-85-76(57(5)54(2)61(9)97-85)101-82(89)68-42-28-16-29-43-68/h11-45,53-62,70-80,84-87H,46-52H2,1-10H3/t53-,54-,55+,56?,57?,58+,59-,60?,61?,62-,70?,71?,72?,73?,74+,75+,76+,77-,78+,79?,80?,84+,85+,86-,87+/m1/s1. The summed E-state index contributed by atoms with van der Waals surface area (Å²) < 4.78 is 113. The summed E-state index contributed by atoms with van der Waals surface area (Å²) in [4.78, 5) is 44.1. The third-order valence-electron chi connectivity index (χ3n) is 22.2. The number of rotatable bonds is 29. The van der Waals surface area contributed by atoms with Gasteiger partial charge in [0, 0.05) is 17.8 Å². The fourth-order valence-electron chi connectivity index (χ4n) is 14.9. The zero-order chi connectivity index (χ0) is 74.2. The van der Waals surface area contributed by atoms with Gasteiger partial charge < -0.3 is 75.8 Å². The Morgan fingerprint density at radius 3 is 1.00 bits per heavy atom. The molecule has 0 N–H and O–H groups in total. The Morgan fingerprint density at radius 2 is 0.575 bits per heavy atom. The van der Waals surface area contributed by atoms with Crippen molar-refractivity contribution in [2.24, 2.45) is 41.4 Å². The molecule has 19 nitrogen and oxygen atoms in total. The van der Waals surface area contributed by atoms with Crippen LogP contribution in [0.1, 0.15) is 123 Å². The highest BCUT2D eigenvalue weighted by Crippen LogP contribution is 2.44. The van der Waals surface area contributed by atoms with Gasteiger partial charge in [-0.05, 0) is 103 Å². The SMILES string of the molecule is CC1O[C@@H](O[C@@H]2C(OC(=O)c3ccccc3)[C@H](O[C@@H]3C(COCc4ccccc4)O[C@H](OC4[C@@H](C)[C@H](C)C(COCc5ccccc5)O[C@@H]4C)C(OCc4ccccc4)[C@H]3O[C@@H]3OC(C)[C@H](C)C(C)[C@@H]3OC(=O)c3ccccc3)OC(COCc3ccccc3)[C@H]2C)[C@@H](OC(=O)c2ccccc2)C(C)[C@H]1C. The van der Waals surface area contributed by atoms with Gasteiger partial charge in [-0.15, -0.1) is 0 Å². The Kier molecular flexibility index (Phi) is 27.6. The Balaban J connectivity index is 0.985. The third-order valence-corrected chi connectivity index (χ3v) is 22.2. The summed E-state index contributed by atoms with van der Waals surface area (Å²) in [5.41, 5.74) is 4.63. The van der Waals surface area contributed by atoms with E-state index in [4.69, 9.17) is 75.8 Å². The molecule has 5 aliphatic heterocycles. The summed E-state index contributed by atoms with van der Waals surface area (Å²) in [5, 5.41) is 0. The molecule has 0 aliphatic carbocycles. The Labute approximate surface area is 623 Å². The van der Waals surface area contributed by atoms with Gasteiger partial charge in [-0.25, -0.2) is 14.4 Å². The van der Waals surface area contributed by atoms with Crippen molar-refractivity contribution in [2.45, 2.75) is 206 Å². The molecule has 0 radical (unpaired) electrons. The van der Waals surface area contributed by atoms with E-state index in [0.717, 1.165) is 22.3 Å². The van der Waals surface area contributed by atoms with Crippen LogP contribution in [0.4, 0.5) is 0 Å². The second-order valence-corrected chi connectivity index (χ2v) is 29.3. The van der Waals surface area contributed by atoms with Crippen LogP contribution in [0.5, 0.6) is 0 Å². The van der Waals surface area contributed by atoms with E-state index in [1.807, 2.05) is 181 Å².